The van der Waals surface area contributed by atoms with Crippen LogP contribution in [0.3, 0.4) is 0 Å². The number of hydrogen-bond donors (Lipinski definition) is 0. The molecule has 0 bridgehead atoms. The lowest BCUT2D eigenvalue weighted by Gasteiger charge is -2.19. The van der Waals surface area contributed by atoms with Gasteiger partial charge in [0.05, 0.1) is 5.41 Å². The van der Waals surface area contributed by atoms with E-state index < -0.39 is 11.0 Å². The minimum atomic E-state index is -0.760. The van der Waals surface area contributed by atoms with Gasteiger partial charge in [-0.2, -0.15) is 0 Å². The van der Waals surface area contributed by atoms with E-state index in [0.29, 0.717) is 12.8 Å². The molecule has 3 nitrogen and oxygen atoms in total. The van der Waals surface area contributed by atoms with Gasteiger partial charge in [0.25, 0.3) is 0 Å². The quantitative estimate of drug-likeness (QED) is 0.463. The maximum absolute atomic E-state index is 11.3. The third-order valence-corrected chi connectivity index (χ3v) is 1.87. The summed E-state index contributed by atoms with van der Waals surface area (Å²) in [7, 11) is 0. The number of ether oxygens (including phenoxy) is 1. The van der Waals surface area contributed by atoms with Crippen LogP contribution in [0.25, 0.3) is 0 Å². The summed E-state index contributed by atoms with van der Waals surface area (Å²) in [5.74, 6) is -0.299. The Kier molecular flexibility index (Phi) is 1.98. The Morgan fingerprint density at radius 1 is 1.42 bits per heavy atom. The number of carbonyl (C=O) groups is 2. The van der Waals surface area contributed by atoms with Gasteiger partial charge in [-0.3, -0.25) is 9.59 Å². The van der Waals surface area contributed by atoms with E-state index in [1.54, 1.807) is 20.8 Å². The Morgan fingerprint density at radius 2 is 1.92 bits per heavy atom. The van der Waals surface area contributed by atoms with Crippen LogP contribution in [-0.2, 0) is 14.3 Å². The van der Waals surface area contributed by atoms with Crippen LogP contribution >= 0.6 is 0 Å². The summed E-state index contributed by atoms with van der Waals surface area (Å²) in [6.45, 7) is 5.32. The molecule has 1 aliphatic rings. The minimum absolute atomic E-state index is 0.299. The molecule has 0 heterocycles. The van der Waals surface area contributed by atoms with Crippen molar-refractivity contribution in [1.82, 2.24) is 0 Å². The highest BCUT2D eigenvalue weighted by Gasteiger charge is 2.48. The third-order valence-electron chi connectivity index (χ3n) is 1.87. The zero-order valence-electron chi connectivity index (χ0n) is 7.72. The van der Waals surface area contributed by atoms with Gasteiger partial charge in [-0.1, -0.05) is 0 Å². The largest absolute Gasteiger partial charge is 0.451 e. The highest BCUT2D eigenvalue weighted by Crippen LogP contribution is 2.38. The molecule has 12 heavy (non-hydrogen) atoms. The van der Waals surface area contributed by atoms with E-state index in [1.807, 2.05) is 0 Å². The standard InChI is InChI=1S/C9H14O3/c1-8(2,3)7(11)12-9(6-10)4-5-9/h6H,4-5H2,1-3H3. The molecule has 0 aromatic heterocycles. The molecule has 3 heteroatoms. The van der Waals surface area contributed by atoms with Crippen molar-refractivity contribution in [3.8, 4) is 0 Å². The molecular weight excluding hydrogens is 156 g/mol. The average Bonchev–Trinajstić information content (AvgIpc) is 2.67. The Balaban J connectivity index is 2.52. The number of hydrogen-bond acceptors (Lipinski definition) is 3. The molecule has 0 saturated heterocycles. The first-order chi connectivity index (χ1) is 5.40. The molecular formula is C9H14O3. The maximum Gasteiger partial charge on any atom is 0.312 e. The van der Waals surface area contributed by atoms with Crippen molar-refractivity contribution in [3.05, 3.63) is 0 Å². The maximum atomic E-state index is 11.3. The lowest BCUT2D eigenvalue weighted by molar-refractivity contribution is -0.162. The second-order valence-corrected chi connectivity index (χ2v) is 4.32. The van der Waals surface area contributed by atoms with E-state index in [0.717, 1.165) is 6.29 Å². The van der Waals surface area contributed by atoms with Crippen LogP contribution in [0.4, 0.5) is 0 Å². The molecule has 1 rings (SSSR count). The van der Waals surface area contributed by atoms with E-state index in [2.05, 4.69) is 0 Å². The van der Waals surface area contributed by atoms with Gasteiger partial charge in [0.1, 0.15) is 0 Å². The Hall–Kier alpha value is -0.860. The van der Waals surface area contributed by atoms with Gasteiger partial charge in [-0.05, 0) is 33.6 Å². The second-order valence-electron chi connectivity index (χ2n) is 4.32. The van der Waals surface area contributed by atoms with Crippen molar-refractivity contribution in [2.24, 2.45) is 5.41 Å². The highest BCUT2D eigenvalue weighted by atomic mass is 16.6. The molecule has 0 aromatic carbocycles. The molecule has 0 unspecified atom stereocenters. The lowest BCUT2D eigenvalue weighted by Crippen LogP contribution is -2.30. The normalized spacial score (nSPS) is 19.9. The molecule has 0 amide bonds. The average molecular weight is 170 g/mol. The topological polar surface area (TPSA) is 43.4 Å². The number of rotatable bonds is 2. The van der Waals surface area contributed by atoms with Crippen molar-refractivity contribution >= 4 is 12.3 Å². The summed E-state index contributed by atoms with van der Waals surface area (Å²) in [6, 6.07) is 0. The number of carbonyl (C=O) groups excluding carboxylic acids is 2. The van der Waals surface area contributed by atoms with Gasteiger partial charge in [-0.25, -0.2) is 0 Å². The van der Waals surface area contributed by atoms with Crippen LogP contribution in [0, 0.1) is 5.41 Å². The first kappa shape index (κ1) is 9.23. The molecule has 1 fully saturated rings. The van der Waals surface area contributed by atoms with Gasteiger partial charge in [0.2, 0.25) is 0 Å². The monoisotopic (exact) mass is 170 g/mol. The van der Waals surface area contributed by atoms with E-state index >= 15 is 0 Å². The number of esters is 1. The molecule has 0 radical (unpaired) electrons. The molecule has 0 aliphatic heterocycles. The fraction of sp³-hybridized carbons (Fsp3) is 0.778. The van der Waals surface area contributed by atoms with Crippen LogP contribution in [0.15, 0.2) is 0 Å². The highest BCUT2D eigenvalue weighted by molar-refractivity contribution is 5.80. The molecule has 0 spiro atoms. The fourth-order valence-corrected chi connectivity index (χ4v) is 0.705. The van der Waals surface area contributed by atoms with E-state index in [1.165, 1.54) is 0 Å². The predicted molar refractivity (Wildman–Crippen MR) is 43.6 cm³/mol. The third kappa shape index (κ3) is 1.84. The van der Waals surface area contributed by atoms with Gasteiger partial charge in [-0.15, -0.1) is 0 Å². The Bertz CT molecular complexity index is 208. The van der Waals surface area contributed by atoms with Crippen LogP contribution in [-0.4, -0.2) is 17.9 Å². The van der Waals surface area contributed by atoms with E-state index in [-0.39, 0.29) is 5.97 Å². The fourth-order valence-electron chi connectivity index (χ4n) is 0.705. The van der Waals surface area contributed by atoms with Crippen molar-refractivity contribution in [1.29, 1.82) is 0 Å². The van der Waals surface area contributed by atoms with Crippen LogP contribution in [0.5, 0.6) is 0 Å². The molecule has 0 aromatic rings. The predicted octanol–water partition coefficient (Wildman–Crippen LogP) is 1.31. The van der Waals surface area contributed by atoms with Gasteiger partial charge >= 0.3 is 5.97 Å². The van der Waals surface area contributed by atoms with E-state index in [4.69, 9.17) is 4.74 Å². The zero-order chi connectivity index (χ0) is 9.41. The van der Waals surface area contributed by atoms with Crippen molar-refractivity contribution in [3.63, 3.8) is 0 Å². The van der Waals surface area contributed by atoms with Crippen LogP contribution in [0.2, 0.25) is 0 Å². The van der Waals surface area contributed by atoms with Crippen molar-refractivity contribution < 1.29 is 14.3 Å². The zero-order valence-corrected chi connectivity index (χ0v) is 7.72. The Labute approximate surface area is 72.1 Å². The van der Waals surface area contributed by atoms with Gasteiger partial charge in [0.15, 0.2) is 11.9 Å². The lowest BCUT2D eigenvalue weighted by atomic mass is 9.97. The Morgan fingerprint density at radius 3 is 2.17 bits per heavy atom. The van der Waals surface area contributed by atoms with Crippen LogP contribution in [0.1, 0.15) is 33.6 Å². The SMILES string of the molecule is CC(C)(C)C(=O)OC1(C=O)CC1. The smallest absolute Gasteiger partial charge is 0.312 e. The molecule has 0 atom stereocenters. The van der Waals surface area contributed by atoms with Crippen molar-refractivity contribution in [2.45, 2.75) is 39.2 Å². The summed E-state index contributed by atoms with van der Waals surface area (Å²) in [5, 5.41) is 0. The summed E-state index contributed by atoms with van der Waals surface area (Å²) in [5.41, 5.74) is -1.27. The van der Waals surface area contributed by atoms with Gasteiger partial charge in [0, 0.05) is 0 Å². The van der Waals surface area contributed by atoms with E-state index in [9.17, 15) is 9.59 Å². The summed E-state index contributed by atoms with van der Waals surface area (Å²) in [6.07, 6.45) is 2.09. The van der Waals surface area contributed by atoms with Gasteiger partial charge < -0.3 is 4.74 Å². The summed E-state index contributed by atoms with van der Waals surface area (Å²) < 4.78 is 5.06. The molecule has 1 saturated carbocycles. The van der Waals surface area contributed by atoms with Crippen LogP contribution < -0.4 is 0 Å². The van der Waals surface area contributed by atoms with Crippen molar-refractivity contribution in [2.75, 3.05) is 0 Å². The summed E-state index contributed by atoms with van der Waals surface area (Å²) >= 11 is 0. The molecule has 0 N–H and O–H groups in total. The number of aldehydes is 1. The summed E-state index contributed by atoms with van der Waals surface area (Å²) in [4.78, 5) is 21.8. The molecule has 68 valence electrons. The first-order valence-corrected chi connectivity index (χ1v) is 4.09. The first-order valence-electron chi connectivity index (χ1n) is 4.09. The second kappa shape index (κ2) is 2.57. The molecule has 1 aliphatic carbocycles. The minimum Gasteiger partial charge on any atom is -0.451 e.